The van der Waals surface area contributed by atoms with E-state index >= 15 is 0 Å². The van der Waals surface area contributed by atoms with Crippen LogP contribution in [0.15, 0.2) is 55.2 Å². The van der Waals surface area contributed by atoms with Crippen molar-refractivity contribution >= 4 is 40.1 Å². The average molecular weight is 505 g/mol. The molecule has 4 heterocycles. The van der Waals surface area contributed by atoms with E-state index in [0.29, 0.717) is 33.6 Å². The highest BCUT2D eigenvalue weighted by Gasteiger charge is 2.24. The topological polar surface area (TPSA) is 105 Å². The van der Waals surface area contributed by atoms with Crippen LogP contribution in [0.25, 0.3) is 33.5 Å². The van der Waals surface area contributed by atoms with Crippen molar-refractivity contribution in [2.24, 2.45) is 14.1 Å². The molecule has 0 aliphatic rings. The van der Waals surface area contributed by atoms with Gasteiger partial charge in [-0.2, -0.15) is 5.10 Å². The average Bonchev–Trinajstić information content (AvgIpc) is 3.51. The van der Waals surface area contributed by atoms with Gasteiger partial charge in [0.25, 0.3) is 0 Å². The number of hydrogen-bond acceptors (Lipinski definition) is 7. The fraction of sp³-hybridized carbons (Fsp3) is 0.240. The van der Waals surface area contributed by atoms with E-state index in [-0.39, 0.29) is 0 Å². The number of nitrogens with zero attached hydrogens (tertiary/aromatic N) is 7. The second-order valence-corrected chi connectivity index (χ2v) is 9.87. The van der Waals surface area contributed by atoms with E-state index in [2.05, 4.69) is 25.6 Å². The maximum Gasteiger partial charge on any atom is 0.419 e. The molecule has 0 unspecified atom stereocenters. The van der Waals surface area contributed by atoms with Gasteiger partial charge in [-0.25, -0.2) is 14.3 Å². The van der Waals surface area contributed by atoms with Crippen LogP contribution < -0.4 is 5.32 Å². The van der Waals surface area contributed by atoms with E-state index in [9.17, 15) is 4.79 Å². The molecule has 0 radical (unpaired) electrons. The molecule has 4 aromatic heterocycles. The molecule has 0 bridgehead atoms. The van der Waals surface area contributed by atoms with E-state index in [1.807, 2.05) is 69.9 Å². The summed E-state index contributed by atoms with van der Waals surface area (Å²) < 4.78 is 10.8. The second-order valence-electron chi connectivity index (χ2n) is 9.46. The van der Waals surface area contributed by atoms with Crippen molar-refractivity contribution in [1.29, 1.82) is 0 Å². The lowest BCUT2D eigenvalue weighted by molar-refractivity contribution is 0.0547. The Bertz CT molecular complexity index is 1590. The zero-order valence-electron chi connectivity index (χ0n) is 20.5. The summed E-state index contributed by atoms with van der Waals surface area (Å²) in [6.45, 7) is 5.50. The SMILES string of the molecule is Cn1cc(-c2cc3cnc(Nc4ccc(-c5nncn5C)cc4Cl)cc3n2C(=O)OC(C)(C)C)cn1. The third-order valence-electron chi connectivity index (χ3n) is 5.46. The number of aromatic nitrogens is 7. The fourth-order valence-corrected chi connectivity index (χ4v) is 4.11. The Morgan fingerprint density at radius 2 is 1.89 bits per heavy atom. The van der Waals surface area contributed by atoms with Gasteiger partial charge in [0.05, 0.1) is 28.1 Å². The third-order valence-corrected chi connectivity index (χ3v) is 5.78. The van der Waals surface area contributed by atoms with Gasteiger partial charge in [-0.15, -0.1) is 10.2 Å². The molecule has 0 aliphatic heterocycles. The van der Waals surface area contributed by atoms with Crippen LogP contribution >= 0.6 is 11.6 Å². The first-order valence-electron chi connectivity index (χ1n) is 11.2. The molecule has 184 valence electrons. The van der Waals surface area contributed by atoms with Gasteiger partial charge < -0.3 is 14.6 Å². The first-order valence-corrected chi connectivity index (χ1v) is 11.6. The minimum atomic E-state index is -0.661. The van der Waals surface area contributed by atoms with Crippen LogP contribution in [0.1, 0.15) is 20.8 Å². The number of nitrogens with one attached hydrogen (secondary N) is 1. The van der Waals surface area contributed by atoms with Gasteiger partial charge in [0.15, 0.2) is 5.82 Å². The second kappa shape index (κ2) is 8.80. The molecule has 5 rings (SSSR count). The molecule has 0 aliphatic carbocycles. The zero-order chi connectivity index (χ0) is 25.6. The summed E-state index contributed by atoms with van der Waals surface area (Å²) in [4.78, 5) is 17.8. The molecule has 0 saturated carbocycles. The van der Waals surface area contributed by atoms with Gasteiger partial charge in [-0.05, 0) is 45.0 Å². The number of carbonyl (C=O) groups is 1. The molecule has 36 heavy (non-hydrogen) atoms. The lowest BCUT2D eigenvalue weighted by Crippen LogP contribution is -2.27. The van der Waals surface area contributed by atoms with Crippen LogP contribution in [0.3, 0.4) is 0 Å². The molecule has 11 heteroatoms. The molecule has 10 nitrogen and oxygen atoms in total. The zero-order valence-corrected chi connectivity index (χ0v) is 21.3. The van der Waals surface area contributed by atoms with Crippen LogP contribution in [0.2, 0.25) is 5.02 Å². The lowest BCUT2D eigenvalue weighted by Gasteiger charge is -2.21. The first-order chi connectivity index (χ1) is 17.1. The molecule has 0 saturated heterocycles. The number of pyridine rings is 1. The lowest BCUT2D eigenvalue weighted by atomic mass is 10.2. The van der Waals surface area contributed by atoms with Gasteiger partial charge in [0.1, 0.15) is 17.7 Å². The van der Waals surface area contributed by atoms with Crippen molar-refractivity contribution in [2.45, 2.75) is 26.4 Å². The molecule has 5 aromatic rings. The maximum atomic E-state index is 13.3. The smallest absolute Gasteiger partial charge is 0.419 e. The van der Waals surface area contributed by atoms with Gasteiger partial charge in [0, 0.05) is 49.1 Å². The van der Waals surface area contributed by atoms with E-state index in [1.54, 1.807) is 34.0 Å². The summed E-state index contributed by atoms with van der Waals surface area (Å²) in [5, 5.41) is 16.8. The summed E-state index contributed by atoms with van der Waals surface area (Å²) in [7, 11) is 3.70. The van der Waals surface area contributed by atoms with Crippen molar-refractivity contribution < 1.29 is 9.53 Å². The number of hydrogen-bond donors (Lipinski definition) is 1. The largest absolute Gasteiger partial charge is 0.443 e. The van der Waals surface area contributed by atoms with E-state index in [0.717, 1.165) is 16.5 Å². The minimum Gasteiger partial charge on any atom is -0.443 e. The number of carbonyl (C=O) groups excluding carboxylic acids is 1. The van der Waals surface area contributed by atoms with Gasteiger partial charge in [-0.3, -0.25) is 4.68 Å². The van der Waals surface area contributed by atoms with Crippen molar-refractivity contribution in [3.8, 4) is 22.6 Å². The monoisotopic (exact) mass is 504 g/mol. The Morgan fingerprint density at radius 3 is 2.53 bits per heavy atom. The Hall–Kier alpha value is -4.18. The number of aryl methyl sites for hydroxylation is 2. The maximum absolute atomic E-state index is 13.3. The number of anilines is 2. The highest BCUT2D eigenvalue weighted by Crippen LogP contribution is 2.33. The predicted octanol–water partition coefficient (Wildman–Crippen LogP) is 5.41. The minimum absolute atomic E-state index is 0.487. The Kier molecular flexibility index (Phi) is 5.76. The molecular weight excluding hydrogens is 480 g/mol. The fourth-order valence-electron chi connectivity index (χ4n) is 3.88. The number of ether oxygens (including phenoxy) is 1. The van der Waals surface area contributed by atoms with E-state index in [4.69, 9.17) is 16.3 Å². The van der Waals surface area contributed by atoms with Crippen LogP contribution in [0.5, 0.6) is 0 Å². The van der Waals surface area contributed by atoms with Crippen LogP contribution in [0, 0.1) is 0 Å². The van der Waals surface area contributed by atoms with Crippen molar-refractivity contribution in [2.75, 3.05) is 5.32 Å². The highest BCUT2D eigenvalue weighted by molar-refractivity contribution is 6.33. The quantitative estimate of drug-likeness (QED) is 0.348. The Morgan fingerprint density at radius 1 is 1.08 bits per heavy atom. The first kappa shape index (κ1) is 23.6. The van der Waals surface area contributed by atoms with Crippen molar-refractivity contribution in [1.82, 2.24) is 34.1 Å². The Balaban J connectivity index is 1.54. The van der Waals surface area contributed by atoms with Crippen molar-refractivity contribution in [3.63, 3.8) is 0 Å². The summed E-state index contributed by atoms with van der Waals surface area (Å²) in [6, 6.07) is 9.27. The summed E-state index contributed by atoms with van der Waals surface area (Å²) in [6.07, 6.45) is 6.41. The van der Waals surface area contributed by atoms with Crippen LogP contribution in [-0.4, -0.2) is 45.8 Å². The standard InChI is InChI=1S/C25H25ClN8O2/c1-25(2,3)36-24(35)34-20(17-12-29-33(5)13-17)9-16-11-27-22(10-21(16)34)30-19-7-6-15(8-18(19)26)23-31-28-14-32(23)4/h6-14H,1-5H3,(H,27,30). The number of rotatable bonds is 4. The molecule has 1 aromatic carbocycles. The van der Waals surface area contributed by atoms with Gasteiger partial charge in [0.2, 0.25) is 0 Å². The normalized spacial score (nSPS) is 11.7. The van der Waals surface area contributed by atoms with Crippen LogP contribution in [-0.2, 0) is 18.8 Å². The summed E-state index contributed by atoms with van der Waals surface area (Å²) in [5.74, 6) is 1.23. The number of halogens is 1. The van der Waals surface area contributed by atoms with Crippen molar-refractivity contribution in [3.05, 3.63) is 60.3 Å². The highest BCUT2D eigenvalue weighted by atomic mass is 35.5. The van der Waals surface area contributed by atoms with Gasteiger partial charge in [-0.1, -0.05) is 11.6 Å². The molecule has 0 fully saturated rings. The molecule has 0 atom stereocenters. The van der Waals surface area contributed by atoms with E-state index < -0.39 is 11.7 Å². The third kappa shape index (κ3) is 4.55. The number of fused-ring (bicyclic) bond motifs is 1. The van der Waals surface area contributed by atoms with E-state index in [1.165, 1.54) is 0 Å². The summed E-state index contributed by atoms with van der Waals surface area (Å²) in [5.41, 5.74) is 2.94. The Labute approximate surface area is 212 Å². The van der Waals surface area contributed by atoms with Gasteiger partial charge >= 0.3 is 6.09 Å². The molecule has 0 amide bonds. The molecule has 0 spiro atoms. The summed E-state index contributed by atoms with van der Waals surface area (Å²) >= 11 is 6.57. The number of benzene rings is 1. The molecular formula is C25H25ClN8O2. The van der Waals surface area contributed by atoms with Crippen LogP contribution in [0.4, 0.5) is 16.3 Å². The predicted molar refractivity (Wildman–Crippen MR) is 138 cm³/mol. The molecule has 1 N–H and O–H groups in total.